The van der Waals surface area contributed by atoms with Crippen LogP contribution < -0.4 is 0 Å². The van der Waals surface area contributed by atoms with Crippen molar-refractivity contribution >= 4 is 17.7 Å². The molecule has 0 aliphatic heterocycles. The molecular formula is C12H20O4. The Balaban J connectivity index is 3.58. The van der Waals surface area contributed by atoms with E-state index in [1.54, 1.807) is 0 Å². The van der Waals surface area contributed by atoms with Gasteiger partial charge in [-0.25, -0.2) is 0 Å². The molecule has 0 amide bonds. The minimum atomic E-state index is -0.525. The van der Waals surface area contributed by atoms with Crippen molar-refractivity contribution in [3.8, 4) is 0 Å². The molecule has 0 heterocycles. The molecule has 92 valence electrons. The Bertz CT molecular complexity index is 245. The summed E-state index contributed by atoms with van der Waals surface area (Å²) in [5, 5.41) is 0. The molecule has 0 aromatic rings. The summed E-state index contributed by atoms with van der Waals surface area (Å²) in [6.45, 7) is 3.78. The third kappa shape index (κ3) is 8.15. The topological polar surface area (TPSA) is 60.4 Å². The minimum Gasteiger partial charge on any atom is -0.393 e. The summed E-state index contributed by atoms with van der Waals surface area (Å²) in [7, 11) is 0. The monoisotopic (exact) mass is 228 g/mol. The van der Waals surface area contributed by atoms with Gasteiger partial charge in [0.05, 0.1) is 0 Å². The van der Waals surface area contributed by atoms with E-state index >= 15 is 0 Å². The fourth-order valence-electron chi connectivity index (χ4n) is 1.27. The molecule has 0 atom stereocenters. The summed E-state index contributed by atoms with van der Waals surface area (Å²) in [5.74, 6) is -0.842. The molecule has 4 heteroatoms. The summed E-state index contributed by atoms with van der Waals surface area (Å²) in [6.07, 6.45) is 3.33. The number of hydrogen-bond donors (Lipinski definition) is 0. The lowest BCUT2D eigenvalue weighted by Crippen LogP contribution is -2.12. The molecule has 0 aromatic carbocycles. The number of hydrogen-bond acceptors (Lipinski definition) is 4. The Morgan fingerprint density at radius 2 is 1.38 bits per heavy atom. The van der Waals surface area contributed by atoms with E-state index in [0.29, 0.717) is 25.7 Å². The zero-order valence-electron chi connectivity index (χ0n) is 10.1. The minimum absolute atomic E-state index is 0.144. The molecule has 0 saturated heterocycles. The van der Waals surface area contributed by atoms with E-state index in [9.17, 15) is 14.4 Å². The van der Waals surface area contributed by atoms with Gasteiger partial charge >= 0.3 is 11.9 Å². The summed E-state index contributed by atoms with van der Waals surface area (Å²) < 4.78 is 4.54. The van der Waals surface area contributed by atoms with Crippen molar-refractivity contribution in [2.24, 2.45) is 0 Å². The molecule has 0 aliphatic rings. The highest BCUT2D eigenvalue weighted by atomic mass is 16.6. The van der Waals surface area contributed by atoms with Crippen LogP contribution in [0.5, 0.6) is 0 Å². The van der Waals surface area contributed by atoms with Gasteiger partial charge in [-0.2, -0.15) is 0 Å². The van der Waals surface area contributed by atoms with Gasteiger partial charge in [0.2, 0.25) is 0 Å². The van der Waals surface area contributed by atoms with Crippen molar-refractivity contribution in [3.05, 3.63) is 0 Å². The number of Topliss-reactive ketones (excluding diaryl/α,β-unsaturated/α-hetero) is 1. The lowest BCUT2D eigenvalue weighted by Gasteiger charge is -2.01. The predicted molar refractivity (Wildman–Crippen MR) is 59.8 cm³/mol. The number of ether oxygens (including phenoxy) is 1. The average Bonchev–Trinajstić information content (AvgIpc) is 2.18. The molecular weight excluding hydrogens is 208 g/mol. The lowest BCUT2D eigenvalue weighted by atomic mass is 10.1. The smallest absolute Gasteiger partial charge is 0.313 e. The van der Waals surface area contributed by atoms with Crippen LogP contribution in [-0.2, 0) is 19.1 Å². The number of carbonyl (C=O) groups excluding carboxylic acids is 3. The first kappa shape index (κ1) is 14.8. The van der Waals surface area contributed by atoms with Crippen LogP contribution in [0.25, 0.3) is 0 Å². The quantitative estimate of drug-likeness (QED) is 0.472. The van der Waals surface area contributed by atoms with Gasteiger partial charge in [-0.05, 0) is 19.3 Å². The number of ketones is 1. The second-order valence-electron chi connectivity index (χ2n) is 3.74. The van der Waals surface area contributed by atoms with Crippen molar-refractivity contribution in [2.45, 2.75) is 58.8 Å². The van der Waals surface area contributed by atoms with Crippen LogP contribution in [0, 0.1) is 0 Å². The van der Waals surface area contributed by atoms with Crippen molar-refractivity contribution < 1.29 is 19.1 Å². The molecule has 0 bridgehead atoms. The van der Waals surface area contributed by atoms with Gasteiger partial charge in [-0.1, -0.05) is 13.8 Å². The second kappa shape index (κ2) is 9.07. The van der Waals surface area contributed by atoms with Crippen LogP contribution in [0.3, 0.4) is 0 Å². The molecule has 0 unspecified atom stereocenters. The van der Waals surface area contributed by atoms with E-state index in [2.05, 4.69) is 4.74 Å². The van der Waals surface area contributed by atoms with Crippen LogP contribution in [0.2, 0.25) is 0 Å². The Morgan fingerprint density at radius 1 is 0.812 bits per heavy atom. The van der Waals surface area contributed by atoms with Crippen LogP contribution in [0.1, 0.15) is 58.8 Å². The van der Waals surface area contributed by atoms with Gasteiger partial charge in [-0.15, -0.1) is 0 Å². The maximum absolute atomic E-state index is 11.1. The summed E-state index contributed by atoms with van der Waals surface area (Å²) >= 11 is 0. The van der Waals surface area contributed by atoms with Crippen LogP contribution in [-0.4, -0.2) is 17.7 Å². The highest BCUT2D eigenvalue weighted by Gasteiger charge is 2.10. The van der Waals surface area contributed by atoms with Gasteiger partial charge in [0.1, 0.15) is 5.78 Å². The van der Waals surface area contributed by atoms with Crippen molar-refractivity contribution in [2.75, 3.05) is 0 Å². The van der Waals surface area contributed by atoms with Gasteiger partial charge < -0.3 is 4.74 Å². The van der Waals surface area contributed by atoms with E-state index in [1.807, 2.05) is 13.8 Å². The van der Waals surface area contributed by atoms with E-state index < -0.39 is 11.9 Å². The first-order chi connectivity index (χ1) is 7.60. The Labute approximate surface area is 96.4 Å². The van der Waals surface area contributed by atoms with Gasteiger partial charge in [0, 0.05) is 25.7 Å². The molecule has 0 aromatic heterocycles. The fraction of sp³-hybridized carbons (Fsp3) is 0.750. The maximum atomic E-state index is 11.1. The number of rotatable bonds is 8. The first-order valence-electron chi connectivity index (χ1n) is 5.85. The zero-order chi connectivity index (χ0) is 12.4. The molecule has 0 spiro atoms. The molecule has 0 fully saturated rings. The van der Waals surface area contributed by atoms with E-state index in [4.69, 9.17) is 0 Å². The number of esters is 2. The van der Waals surface area contributed by atoms with Crippen molar-refractivity contribution in [3.63, 3.8) is 0 Å². The molecule has 0 rings (SSSR count). The van der Waals surface area contributed by atoms with E-state index in [1.165, 1.54) is 0 Å². The summed E-state index contributed by atoms with van der Waals surface area (Å²) in [5.41, 5.74) is 0. The first-order valence-corrected chi connectivity index (χ1v) is 5.85. The lowest BCUT2D eigenvalue weighted by molar-refractivity contribution is -0.159. The Hall–Kier alpha value is -1.19. The van der Waals surface area contributed by atoms with Gasteiger partial charge in [-0.3, -0.25) is 14.4 Å². The molecule has 0 radical (unpaired) electrons. The highest BCUT2D eigenvalue weighted by molar-refractivity contribution is 5.85. The van der Waals surface area contributed by atoms with Gasteiger partial charge in [0.15, 0.2) is 0 Å². The van der Waals surface area contributed by atoms with Crippen molar-refractivity contribution in [1.29, 1.82) is 0 Å². The van der Waals surface area contributed by atoms with E-state index in [-0.39, 0.29) is 18.6 Å². The zero-order valence-corrected chi connectivity index (χ0v) is 10.1. The summed E-state index contributed by atoms with van der Waals surface area (Å²) in [6, 6.07) is 0. The largest absolute Gasteiger partial charge is 0.393 e. The second-order valence-corrected chi connectivity index (χ2v) is 3.74. The predicted octanol–water partition coefficient (Wildman–Crippen LogP) is 2.40. The third-order valence-electron chi connectivity index (χ3n) is 2.05. The average molecular weight is 228 g/mol. The Morgan fingerprint density at radius 3 is 1.94 bits per heavy atom. The number of carbonyl (C=O) groups is 3. The Kier molecular flexibility index (Phi) is 8.39. The summed E-state index contributed by atoms with van der Waals surface area (Å²) in [4.78, 5) is 33.2. The molecule has 16 heavy (non-hydrogen) atoms. The fourth-order valence-corrected chi connectivity index (χ4v) is 1.27. The molecule has 0 N–H and O–H groups in total. The normalized spacial score (nSPS) is 9.88. The maximum Gasteiger partial charge on any atom is 0.313 e. The van der Waals surface area contributed by atoms with Crippen molar-refractivity contribution in [1.82, 2.24) is 0 Å². The molecule has 0 saturated carbocycles. The molecule has 0 aliphatic carbocycles. The SMILES string of the molecule is CCCC(=O)CCCC(=O)OC(=O)CCC. The molecule has 4 nitrogen and oxygen atoms in total. The van der Waals surface area contributed by atoms with Crippen LogP contribution >= 0.6 is 0 Å². The standard InChI is InChI=1S/C12H20O4/c1-3-6-10(13)8-5-9-12(15)16-11(14)7-4-2/h3-9H2,1-2H3. The highest BCUT2D eigenvalue weighted by Crippen LogP contribution is 2.03. The third-order valence-corrected chi connectivity index (χ3v) is 2.05. The van der Waals surface area contributed by atoms with Crippen LogP contribution in [0.4, 0.5) is 0 Å². The van der Waals surface area contributed by atoms with Crippen LogP contribution in [0.15, 0.2) is 0 Å². The van der Waals surface area contributed by atoms with E-state index in [0.717, 1.165) is 6.42 Å². The van der Waals surface area contributed by atoms with Gasteiger partial charge in [0.25, 0.3) is 0 Å².